The van der Waals surface area contributed by atoms with Gasteiger partial charge in [0.05, 0.1) is 13.2 Å². The Bertz CT molecular complexity index is 488. The van der Waals surface area contributed by atoms with E-state index in [0.717, 1.165) is 12.8 Å². The standard InChI is InChI=1S/C14H23N5O2/c1-3-4-12-17-11(15)9-13(18-12)16-10(2)14(20)19-5-7-21-8-6-19/h9-10H,3-8H2,1-2H3,(H3,15,16,17,18). The van der Waals surface area contributed by atoms with Crippen LogP contribution in [-0.2, 0) is 16.0 Å². The van der Waals surface area contributed by atoms with E-state index in [1.165, 1.54) is 0 Å². The molecule has 1 fully saturated rings. The molecule has 0 aromatic carbocycles. The summed E-state index contributed by atoms with van der Waals surface area (Å²) in [6, 6.07) is 1.30. The highest BCUT2D eigenvalue weighted by Crippen LogP contribution is 2.12. The molecule has 2 heterocycles. The van der Waals surface area contributed by atoms with Gasteiger partial charge in [-0.05, 0) is 13.3 Å². The van der Waals surface area contributed by atoms with E-state index in [1.807, 2.05) is 6.92 Å². The largest absolute Gasteiger partial charge is 0.384 e. The van der Waals surface area contributed by atoms with Gasteiger partial charge in [0.1, 0.15) is 23.5 Å². The molecule has 2 rings (SSSR count). The van der Waals surface area contributed by atoms with Gasteiger partial charge in [0, 0.05) is 25.6 Å². The highest BCUT2D eigenvalue weighted by atomic mass is 16.5. The van der Waals surface area contributed by atoms with Crippen molar-refractivity contribution in [2.45, 2.75) is 32.7 Å². The third-order valence-electron chi connectivity index (χ3n) is 3.32. The SMILES string of the molecule is CCCc1nc(N)cc(NC(C)C(=O)N2CCOCC2)n1. The first-order valence-corrected chi connectivity index (χ1v) is 7.36. The Hall–Kier alpha value is -1.89. The highest BCUT2D eigenvalue weighted by Gasteiger charge is 2.22. The van der Waals surface area contributed by atoms with Gasteiger partial charge in [-0.3, -0.25) is 4.79 Å². The molecule has 7 heteroatoms. The predicted octanol–water partition coefficient (Wildman–Crippen LogP) is 0.671. The van der Waals surface area contributed by atoms with Crippen LogP contribution in [0.25, 0.3) is 0 Å². The Morgan fingerprint density at radius 2 is 2.19 bits per heavy atom. The molecule has 1 atom stereocenters. The number of aryl methyl sites for hydroxylation is 1. The fraction of sp³-hybridized carbons (Fsp3) is 0.643. The van der Waals surface area contributed by atoms with E-state index in [0.29, 0.717) is 43.8 Å². The van der Waals surface area contributed by atoms with Crippen molar-refractivity contribution < 1.29 is 9.53 Å². The zero-order valence-electron chi connectivity index (χ0n) is 12.6. The number of anilines is 2. The van der Waals surface area contributed by atoms with Crippen LogP contribution in [0.4, 0.5) is 11.6 Å². The van der Waals surface area contributed by atoms with Gasteiger partial charge in [-0.1, -0.05) is 6.92 Å². The van der Waals surface area contributed by atoms with Crippen molar-refractivity contribution in [3.63, 3.8) is 0 Å². The van der Waals surface area contributed by atoms with Gasteiger partial charge in [-0.15, -0.1) is 0 Å². The number of carbonyl (C=O) groups excluding carboxylic acids is 1. The number of nitrogens with two attached hydrogens (primary N) is 1. The van der Waals surface area contributed by atoms with E-state index in [4.69, 9.17) is 10.5 Å². The van der Waals surface area contributed by atoms with Gasteiger partial charge in [-0.25, -0.2) is 9.97 Å². The molecular formula is C14H23N5O2. The molecule has 116 valence electrons. The summed E-state index contributed by atoms with van der Waals surface area (Å²) in [4.78, 5) is 22.7. The summed E-state index contributed by atoms with van der Waals surface area (Å²) in [5.74, 6) is 1.76. The minimum absolute atomic E-state index is 0.0486. The Kier molecular flexibility index (Phi) is 5.32. The van der Waals surface area contributed by atoms with E-state index < -0.39 is 0 Å². The van der Waals surface area contributed by atoms with Crippen molar-refractivity contribution in [2.24, 2.45) is 0 Å². The zero-order valence-corrected chi connectivity index (χ0v) is 12.6. The van der Waals surface area contributed by atoms with Crippen molar-refractivity contribution >= 4 is 17.5 Å². The van der Waals surface area contributed by atoms with E-state index >= 15 is 0 Å². The van der Waals surface area contributed by atoms with E-state index in [1.54, 1.807) is 11.0 Å². The summed E-state index contributed by atoms with van der Waals surface area (Å²) >= 11 is 0. The molecule has 3 N–H and O–H groups in total. The van der Waals surface area contributed by atoms with Crippen molar-refractivity contribution in [1.29, 1.82) is 0 Å². The Morgan fingerprint density at radius 1 is 1.48 bits per heavy atom. The molecule has 1 aliphatic heterocycles. The second-order valence-corrected chi connectivity index (χ2v) is 5.15. The first kappa shape index (κ1) is 15.5. The quantitative estimate of drug-likeness (QED) is 0.829. The number of nitrogens with one attached hydrogen (secondary N) is 1. The molecule has 0 spiro atoms. The molecule has 0 bridgehead atoms. The molecule has 1 unspecified atom stereocenters. The number of morpholine rings is 1. The maximum atomic E-state index is 12.3. The number of rotatable bonds is 5. The second kappa shape index (κ2) is 7.21. The lowest BCUT2D eigenvalue weighted by molar-refractivity contribution is -0.135. The van der Waals surface area contributed by atoms with Crippen LogP contribution < -0.4 is 11.1 Å². The maximum absolute atomic E-state index is 12.3. The van der Waals surface area contributed by atoms with Crippen molar-refractivity contribution in [3.8, 4) is 0 Å². The number of aromatic nitrogens is 2. The third-order valence-corrected chi connectivity index (χ3v) is 3.32. The van der Waals surface area contributed by atoms with Crippen LogP contribution in [0.2, 0.25) is 0 Å². The van der Waals surface area contributed by atoms with Gasteiger partial charge < -0.3 is 20.7 Å². The number of carbonyl (C=O) groups is 1. The lowest BCUT2D eigenvalue weighted by Crippen LogP contribution is -2.47. The summed E-state index contributed by atoms with van der Waals surface area (Å²) < 4.78 is 5.25. The average molecular weight is 293 g/mol. The highest BCUT2D eigenvalue weighted by molar-refractivity contribution is 5.84. The lowest BCUT2D eigenvalue weighted by Gasteiger charge is -2.29. The zero-order chi connectivity index (χ0) is 15.2. The lowest BCUT2D eigenvalue weighted by atomic mass is 10.2. The van der Waals surface area contributed by atoms with Crippen LogP contribution in [0.5, 0.6) is 0 Å². The normalized spacial score (nSPS) is 16.6. The molecule has 1 aromatic rings. The van der Waals surface area contributed by atoms with Crippen LogP contribution in [0, 0.1) is 0 Å². The fourth-order valence-corrected chi connectivity index (χ4v) is 2.27. The monoisotopic (exact) mass is 293 g/mol. The molecule has 21 heavy (non-hydrogen) atoms. The van der Waals surface area contributed by atoms with Crippen LogP contribution >= 0.6 is 0 Å². The fourth-order valence-electron chi connectivity index (χ4n) is 2.27. The summed E-state index contributed by atoms with van der Waals surface area (Å²) in [5, 5.41) is 3.12. The Morgan fingerprint density at radius 3 is 2.86 bits per heavy atom. The summed E-state index contributed by atoms with van der Waals surface area (Å²) in [5.41, 5.74) is 5.78. The van der Waals surface area contributed by atoms with Gasteiger partial charge in [0.25, 0.3) is 0 Å². The minimum Gasteiger partial charge on any atom is -0.384 e. The third kappa shape index (κ3) is 4.29. The van der Waals surface area contributed by atoms with E-state index in [-0.39, 0.29) is 11.9 Å². The molecule has 0 radical (unpaired) electrons. The summed E-state index contributed by atoms with van der Waals surface area (Å²) in [6.45, 7) is 6.36. The minimum atomic E-state index is -0.355. The van der Waals surface area contributed by atoms with Crippen molar-refractivity contribution in [1.82, 2.24) is 14.9 Å². The van der Waals surface area contributed by atoms with Gasteiger partial charge in [0.15, 0.2) is 0 Å². The van der Waals surface area contributed by atoms with Gasteiger partial charge in [-0.2, -0.15) is 0 Å². The van der Waals surface area contributed by atoms with Gasteiger partial charge in [0.2, 0.25) is 5.91 Å². The topological polar surface area (TPSA) is 93.4 Å². The van der Waals surface area contributed by atoms with E-state index in [2.05, 4.69) is 22.2 Å². The Balaban J connectivity index is 2.01. The van der Waals surface area contributed by atoms with Crippen molar-refractivity contribution in [3.05, 3.63) is 11.9 Å². The number of nitrogens with zero attached hydrogens (tertiary/aromatic N) is 3. The molecule has 7 nitrogen and oxygen atoms in total. The summed E-state index contributed by atoms with van der Waals surface area (Å²) in [6.07, 6.45) is 1.72. The first-order chi connectivity index (χ1) is 10.1. The molecule has 0 aliphatic carbocycles. The molecule has 1 saturated heterocycles. The first-order valence-electron chi connectivity index (χ1n) is 7.36. The maximum Gasteiger partial charge on any atom is 0.244 e. The molecule has 1 aliphatic rings. The van der Waals surface area contributed by atoms with Crippen LogP contribution in [0.3, 0.4) is 0 Å². The number of ether oxygens (including phenoxy) is 1. The average Bonchev–Trinajstić information content (AvgIpc) is 2.47. The molecule has 1 amide bonds. The van der Waals surface area contributed by atoms with Crippen molar-refractivity contribution in [2.75, 3.05) is 37.4 Å². The number of amides is 1. The van der Waals surface area contributed by atoms with Crippen LogP contribution in [0.1, 0.15) is 26.1 Å². The number of nitrogen functional groups attached to an aromatic ring is 1. The van der Waals surface area contributed by atoms with Gasteiger partial charge >= 0.3 is 0 Å². The smallest absolute Gasteiger partial charge is 0.244 e. The van der Waals surface area contributed by atoms with Crippen LogP contribution in [-0.4, -0.2) is 53.1 Å². The predicted molar refractivity (Wildman–Crippen MR) is 80.9 cm³/mol. The molecule has 0 saturated carbocycles. The molecular weight excluding hydrogens is 270 g/mol. The molecule has 1 aromatic heterocycles. The van der Waals surface area contributed by atoms with E-state index in [9.17, 15) is 4.79 Å². The Labute approximate surface area is 124 Å². The number of hydrogen-bond donors (Lipinski definition) is 2. The summed E-state index contributed by atoms with van der Waals surface area (Å²) in [7, 11) is 0. The second-order valence-electron chi connectivity index (χ2n) is 5.15. The van der Waals surface area contributed by atoms with Crippen LogP contribution in [0.15, 0.2) is 6.07 Å². The number of hydrogen-bond acceptors (Lipinski definition) is 6.